The molecule has 2 aromatic heterocycles. The van der Waals surface area contributed by atoms with Crippen LogP contribution in [0.2, 0.25) is 0 Å². The van der Waals surface area contributed by atoms with Crippen LogP contribution in [0, 0.1) is 0 Å². The van der Waals surface area contributed by atoms with Gasteiger partial charge in [0.05, 0.1) is 22.1 Å². The zero-order valence-corrected chi connectivity index (χ0v) is 26.5. The molecule has 0 amide bonds. The number of hydrogen-bond donors (Lipinski definition) is 0. The molecule has 8 aromatic rings. The van der Waals surface area contributed by atoms with E-state index >= 15 is 0 Å². The van der Waals surface area contributed by atoms with Crippen LogP contribution in [0.1, 0.15) is 50.6 Å². The minimum atomic E-state index is -0.443. The smallest absolute Gasteiger partial charge is 0.0764 e. The number of hydrogen-bond acceptors (Lipinski definition) is 2. The van der Waals surface area contributed by atoms with Crippen molar-refractivity contribution < 1.29 is 0 Å². The van der Waals surface area contributed by atoms with E-state index in [0.717, 1.165) is 6.42 Å². The highest BCUT2D eigenvalue weighted by Gasteiger charge is 2.50. The maximum Gasteiger partial charge on any atom is 0.0764 e. The van der Waals surface area contributed by atoms with Crippen molar-refractivity contribution in [1.29, 1.82) is 0 Å². The molecule has 0 fully saturated rings. The lowest BCUT2D eigenvalue weighted by atomic mass is 9.62. The summed E-state index contributed by atoms with van der Waals surface area (Å²) in [6.07, 6.45) is 5.78. The Balaban J connectivity index is 1.28. The van der Waals surface area contributed by atoms with Gasteiger partial charge in [0.1, 0.15) is 0 Å². The highest BCUT2D eigenvalue weighted by Crippen LogP contribution is 2.62. The van der Waals surface area contributed by atoms with E-state index < -0.39 is 5.41 Å². The second kappa shape index (κ2) is 9.13. The Hall–Kier alpha value is -4.83. The first-order valence-corrected chi connectivity index (χ1v) is 17.7. The van der Waals surface area contributed by atoms with Crippen molar-refractivity contribution in [3.05, 3.63) is 178 Å². The van der Waals surface area contributed by atoms with Gasteiger partial charge in [-0.05, 0) is 69.5 Å². The second-order valence-electron chi connectivity index (χ2n) is 12.7. The monoisotopic (exact) mass is 621 g/mol. The first-order chi connectivity index (χ1) is 22.8. The highest BCUT2D eigenvalue weighted by molar-refractivity contribution is 7.99. The first-order valence-electron chi connectivity index (χ1n) is 16.1. The molecule has 0 N–H and O–H groups in total. The number of allylic oxidation sites excluding steroid dienone is 1. The molecule has 2 atom stereocenters. The van der Waals surface area contributed by atoms with E-state index in [1.165, 1.54) is 85.6 Å². The molecule has 46 heavy (non-hydrogen) atoms. The third-order valence-electron chi connectivity index (χ3n) is 10.6. The molecule has 4 heterocycles. The fourth-order valence-electron chi connectivity index (χ4n) is 8.85. The Morgan fingerprint density at radius 3 is 2.28 bits per heavy atom. The van der Waals surface area contributed by atoms with Crippen molar-refractivity contribution in [2.45, 2.75) is 27.5 Å². The van der Waals surface area contributed by atoms with Gasteiger partial charge < -0.3 is 4.57 Å². The van der Waals surface area contributed by atoms with E-state index in [4.69, 9.17) is 0 Å². The van der Waals surface area contributed by atoms with Crippen LogP contribution in [0.25, 0.3) is 43.7 Å². The number of aromatic nitrogens is 1. The zero-order valence-electron chi connectivity index (χ0n) is 24.9. The Morgan fingerprint density at radius 2 is 1.33 bits per heavy atom. The minimum absolute atomic E-state index is 0.322. The van der Waals surface area contributed by atoms with Crippen molar-refractivity contribution in [2.75, 3.05) is 0 Å². The van der Waals surface area contributed by atoms with Crippen molar-refractivity contribution >= 4 is 61.1 Å². The van der Waals surface area contributed by atoms with Gasteiger partial charge in [-0.2, -0.15) is 0 Å². The Labute approximate surface area is 275 Å². The number of rotatable bonds is 1. The van der Waals surface area contributed by atoms with Crippen LogP contribution >= 0.6 is 23.1 Å². The number of nitrogens with zero attached hydrogens (tertiary/aromatic N) is 1. The van der Waals surface area contributed by atoms with Crippen LogP contribution in [0.15, 0.2) is 149 Å². The second-order valence-corrected chi connectivity index (χ2v) is 14.8. The van der Waals surface area contributed by atoms with Crippen LogP contribution in [-0.4, -0.2) is 4.57 Å². The molecule has 0 saturated heterocycles. The lowest BCUT2D eigenvalue weighted by Gasteiger charge is -2.46. The maximum absolute atomic E-state index is 2.53. The average Bonchev–Trinajstić information content (AvgIpc) is 3.67. The summed E-state index contributed by atoms with van der Waals surface area (Å²) < 4.78 is 3.91. The summed E-state index contributed by atoms with van der Waals surface area (Å²) in [7, 11) is 0. The molecule has 11 rings (SSSR count). The Morgan fingerprint density at radius 1 is 0.609 bits per heavy atom. The Kier molecular flexibility index (Phi) is 5.03. The van der Waals surface area contributed by atoms with Crippen LogP contribution in [-0.2, 0) is 5.41 Å². The van der Waals surface area contributed by atoms with Crippen molar-refractivity contribution in [2.24, 2.45) is 0 Å². The quantitative estimate of drug-likeness (QED) is 0.177. The zero-order chi connectivity index (χ0) is 30.0. The van der Waals surface area contributed by atoms with Crippen molar-refractivity contribution in [3.8, 4) is 5.69 Å². The molecule has 0 saturated carbocycles. The molecule has 3 heteroatoms. The average molecular weight is 622 g/mol. The normalized spacial score (nSPS) is 18.9. The van der Waals surface area contributed by atoms with Crippen molar-refractivity contribution in [3.63, 3.8) is 0 Å². The molecule has 0 bridgehead atoms. The molecular formula is C43H27NS2. The third kappa shape index (κ3) is 3.03. The predicted molar refractivity (Wildman–Crippen MR) is 194 cm³/mol. The largest absolute Gasteiger partial charge is 0.309 e. The summed E-state index contributed by atoms with van der Waals surface area (Å²) in [6, 6.07) is 50.4. The van der Waals surface area contributed by atoms with E-state index in [0.29, 0.717) is 5.92 Å². The molecule has 216 valence electrons. The van der Waals surface area contributed by atoms with E-state index in [9.17, 15) is 0 Å². The maximum atomic E-state index is 2.53. The molecule has 3 aliphatic rings. The molecule has 1 nitrogen and oxygen atoms in total. The summed E-state index contributed by atoms with van der Waals surface area (Å²) >= 11 is 3.96. The minimum Gasteiger partial charge on any atom is -0.309 e. The summed E-state index contributed by atoms with van der Waals surface area (Å²) in [4.78, 5) is 4.26. The van der Waals surface area contributed by atoms with Gasteiger partial charge in [-0.3, -0.25) is 0 Å². The van der Waals surface area contributed by atoms with E-state index in [2.05, 4.69) is 150 Å². The highest BCUT2D eigenvalue weighted by atomic mass is 32.2. The van der Waals surface area contributed by atoms with E-state index in [-0.39, 0.29) is 0 Å². The summed E-state index contributed by atoms with van der Waals surface area (Å²) in [5, 5.41) is 4.01. The van der Waals surface area contributed by atoms with Gasteiger partial charge in [-0.25, -0.2) is 0 Å². The van der Waals surface area contributed by atoms with Gasteiger partial charge in [-0.1, -0.05) is 133 Å². The molecular weight excluding hydrogens is 595 g/mol. The third-order valence-corrected chi connectivity index (χ3v) is 13.1. The number of para-hydroxylation sites is 3. The van der Waals surface area contributed by atoms with Crippen LogP contribution in [0.3, 0.4) is 0 Å². The fourth-order valence-corrected chi connectivity index (χ4v) is 11.5. The van der Waals surface area contributed by atoms with Crippen LogP contribution in [0.5, 0.6) is 0 Å². The van der Waals surface area contributed by atoms with Gasteiger partial charge in [0.15, 0.2) is 0 Å². The fraction of sp³-hybridized carbons (Fsp3) is 0.0698. The number of thiophene rings is 1. The van der Waals surface area contributed by atoms with Crippen LogP contribution < -0.4 is 0 Å². The van der Waals surface area contributed by atoms with E-state index in [1.807, 2.05) is 23.1 Å². The van der Waals surface area contributed by atoms with Crippen LogP contribution in [0.4, 0.5) is 0 Å². The SMILES string of the molecule is C1=Cc2c(sc3ccccc23)C(c2cccc3c2Sc2ccccc2C32c3ccccc3-n3c4ccccc4c4cccc2c43)C1. The van der Waals surface area contributed by atoms with E-state index in [1.54, 1.807) is 0 Å². The van der Waals surface area contributed by atoms with Gasteiger partial charge in [0.2, 0.25) is 0 Å². The molecule has 2 aliphatic heterocycles. The van der Waals surface area contributed by atoms with Gasteiger partial charge >= 0.3 is 0 Å². The number of benzene rings is 6. The molecule has 0 radical (unpaired) electrons. The van der Waals surface area contributed by atoms with Gasteiger partial charge in [0, 0.05) is 36.1 Å². The lowest BCUT2D eigenvalue weighted by molar-refractivity contribution is 0.679. The summed E-state index contributed by atoms with van der Waals surface area (Å²) in [5.41, 5.74) is 11.8. The summed E-state index contributed by atoms with van der Waals surface area (Å²) in [5.74, 6) is 0.322. The summed E-state index contributed by atoms with van der Waals surface area (Å²) in [6.45, 7) is 0. The molecule has 1 aliphatic carbocycles. The topological polar surface area (TPSA) is 4.93 Å². The lowest BCUT2D eigenvalue weighted by Crippen LogP contribution is -2.38. The Bertz CT molecular complexity index is 2620. The molecule has 2 unspecified atom stereocenters. The number of fused-ring (bicyclic) bond motifs is 14. The van der Waals surface area contributed by atoms with Gasteiger partial charge in [0.25, 0.3) is 0 Å². The predicted octanol–water partition coefficient (Wildman–Crippen LogP) is 11.7. The molecule has 6 aromatic carbocycles. The first kappa shape index (κ1) is 25.4. The van der Waals surface area contributed by atoms with Gasteiger partial charge in [-0.15, -0.1) is 11.3 Å². The standard InChI is InChI=1S/C43H27NS2/c1-5-22-36-26(12-1)28-14-10-20-34-40(28)44(36)37-23-6-3-18-32(37)43(34)33-19-4-8-25-39(33)46-42-31(17-11-21-35(42)43)30-16-9-15-29-27-13-2-7-24-38(27)45-41(29)30/h1-15,17-25,30H,16H2. The van der Waals surface area contributed by atoms with Crippen molar-refractivity contribution in [1.82, 2.24) is 4.57 Å². The molecule has 1 spiro atoms.